The van der Waals surface area contributed by atoms with Gasteiger partial charge < -0.3 is 14.6 Å². The summed E-state index contributed by atoms with van der Waals surface area (Å²) in [5.74, 6) is 0. The first-order chi connectivity index (χ1) is 5.24. The molecule has 0 aliphatic rings. The summed E-state index contributed by atoms with van der Waals surface area (Å²) in [5.41, 5.74) is 0. The molecule has 0 aliphatic carbocycles. The summed E-state index contributed by atoms with van der Waals surface area (Å²) >= 11 is 0. The van der Waals surface area contributed by atoms with Crippen molar-refractivity contribution in [1.29, 1.82) is 0 Å². The predicted octanol–water partition coefficient (Wildman–Crippen LogP) is 0.932. The summed E-state index contributed by atoms with van der Waals surface area (Å²) in [6.07, 6.45) is 3.31. The fourth-order valence-electron chi connectivity index (χ4n) is 0.608. The summed E-state index contributed by atoms with van der Waals surface area (Å²) in [6.45, 7) is 1.91. The van der Waals surface area contributed by atoms with Crippen LogP contribution in [0.1, 0.15) is 13.3 Å². The van der Waals surface area contributed by atoms with Gasteiger partial charge in [-0.1, -0.05) is 13.0 Å². The summed E-state index contributed by atoms with van der Waals surface area (Å²) < 4.78 is 9.75. The lowest BCUT2D eigenvalue weighted by Crippen LogP contribution is -2.10. The van der Waals surface area contributed by atoms with Crippen molar-refractivity contribution < 1.29 is 14.6 Å². The van der Waals surface area contributed by atoms with E-state index >= 15 is 0 Å². The maximum absolute atomic E-state index is 9.10. The summed E-state index contributed by atoms with van der Waals surface area (Å²) in [6, 6.07) is 0. The van der Waals surface area contributed by atoms with E-state index in [4.69, 9.17) is 14.6 Å². The minimum atomic E-state index is -0.400. The van der Waals surface area contributed by atoms with Gasteiger partial charge in [0.1, 0.15) is 0 Å². The van der Waals surface area contributed by atoms with Crippen LogP contribution in [0.3, 0.4) is 0 Å². The third-order valence-electron chi connectivity index (χ3n) is 1.37. The fraction of sp³-hybridized carbons (Fsp3) is 0.750. The highest BCUT2D eigenvalue weighted by molar-refractivity contribution is 4.90. The lowest BCUT2D eigenvalue weighted by Gasteiger charge is -2.08. The second-order valence-corrected chi connectivity index (χ2v) is 2.20. The van der Waals surface area contributed by atoms with Crippen molar-refractivity contribution in [2.75, 3.05) is 14.2 Å². The molecule has 3 nitrogen and oxygen atoms in total. The van der Waals surface area contributed by atoms with Gasteiger partial charge in [-0.15, -0.1) is 0 Å². The zero-order chi connectivity index (χ0) is 8.69. The highest BCUT2D eigenvalue weighted by Gasteiger charge is 1.99. The largest absolute Gasteiger partial charge is 0.389 e. The molecule has 0 aromatic heterocycles. The van der Waals surface area contributed by atoms with Gasteiger partial charge in [-0.05, 0) is 12.5 Å². The SMILES string of the molecule is COC(/C=C/C(O)[13CH2][13CH3])OC. The van der Waals surface area contributed by atoms with Crippen LogP contribution >= 0.6 is 0 Å². The van der Waals surface area contributed by atoms with Crippen molar-refractivity contribution in [2.45, 2.75) is 25.7 Å². The van der Waals surface area contributed by atoms with Crippen LogP contribution in [0.15, 0.2) is 12.2 Å². The Balaban J connectivity index is 3.68. The van der Waals surface area contributed by atoms with E-state index in [0.29, 0.717) is 6.42 Å². The highest BCUT2D eigenvalue weighted by Crippen LogP contribution is 1.97. The second kappa shape index (κ2) is 6.34. The molecule has 0 bridgehead atoms. The average molecular weight is 162 g/mol. The molecule has 0 aromatic carbocycles. The zero-order valence-corrected chi connectivity index (χ0v) is 7.28. The summed E-state index contributed by atoms with van der Waals surface area (Å²) in [5, 5.41) is 9.10. The fourth-order valence-corrected chi connectivity index (χ4v) is 0.608. The van der Waals surface area contributed by atoms with Gasteiger partial charge in [0, 0.05) is 14.2 Å². The van der Waals surface area contributed by atoms with E-state index in [9.17, 15) is 0 Å². The molecule has 0 spiro atoms. The highest BCUT2D eigenvalue weighted by atomic mass is 16.7. The maximum atomic E-state index is 9.10. The number of ether oxygens (including phenoxy) is 2. The molecule has 11 heavy (non-hydrogen) atoms. The standard InChI is InChI=1S/C8H16O3/c1-4-7(9)5-6-8(10-2)11-3/h5-9H,4H2,1-3H3/b6-5+/i1+1,4+1. The normalized spacial score (nSPS) is 14.6. The molecule has 66 valence electrons. The molecule has 0 heterocycles. The van der Waals surface area contributed by atoms with Crippen LogP contribution in [0.5, 0.6) is 0 Å². The molecule has 0 aromatic rings. The van der Waals surface area contributed by atoms with Crippen LogP contribution in [0.25, 0.3) is 0 Å². The molecule has 0 fully saturated rings. The number of hydrogen-bond acceptors (Lipinski definition) is 3. The van der Waals surface area contributed by atoms with E-state index in [2.05, 4.69) is 0 Å². The van der Waals surface area contributed by atoms with Gasteiger partial charge in [0.25, 0.3) is 0 Å². The lowest BCUT2D eigenvalue weighted by molar-refractivity contribution is -0.0671. The van der Waals surface area contributed by atoms with E-state index in [1.807, 2.05) is 6.92 Å². The van der Waals surface area contributed by atoms with E-state index in [1.165, 1.54) is 0 Å². The van der Waals surface area contributed by atoms with Crippen LogP contribution in [-0.4, -0.2) is 31.7 Å². The topological polar surface area (TPSA) is 38.7 Å². The Labute approximate surface area is 67.6 Å². The molecule has 1 N–H and O–H groups in total. The second-order valence-electron chi connectivity index (χ2n) is 2.20. The van der Waals surface area contributed by atoms with Gasteiger partial charge >= 0.3 is 0 Å². The van der Waals surface area contributed by atoms with Crippen molar-refractivity contribution in [3.8, 4) is 0 Å². The Kier molecular flexibility index (Phi) is 6.12. The van der Waals surface area contributed by atoms with Gasteiger partial charge in [0.15, 0.2) is 6.29 Å². The van der Waals surface area contributed by atoms with Crippen molar-refractivity contribution >= 4 is 0 Å². The molecule has 0 rings (SSSR count). The van der Waals surface area contributed by atoms with Crippen molar-refractivity contribution in [3.63, 3.8) is 0 Å². The number of methoxy groups -OCH3 is 2. The molecular weight excluding hydrogens is 146 g/mol. The van der Waals surface area contributed by atoms with Gasteiger partial charge in [-0.2, -0.15) is 0 Å². The van der Waals surface area contributed by atoms with Crippen molar-refractivity contribution in [3.05, 3.63) is 12.2 Å². The molecule has 1 unspecified atom stereocenters. The first-order valence-electron chi connectivity index (χ1n) is 3.66. The third kappa shape index (κ3) is 4.95. The van der Waals surface area contributed by atoms with Crippen molar-refractivity contribution in [2.24, 2.45) is 0 Å². The molecule has 1 atom stereocenters. The Morgan fingerprint density at radius 1 is 1.27 bits per heavy atom. The summed E-state index contributed by atoms with van der Waals surface area (Å²) in [7, 11) is 3.10. The molecule has 0 saturated heterocycles. The molecular formula is C8H16O3. The van der Waals surface area contributed by atoms with E-state index < -0.39 is 6.10 Å². The van der Waals surface area contributed by atoms with Gasteiger partial charge in [0.05, 0.1) is 6.10 Å². The van der Waals surface area contributed by atoms with Gasteiger partial charge in [-0.3, -0.25) is 0 Å². The molecule has 0 aliphatic heterocycles. The van der Waals surface area contributed by atoms with Crippen LogP contribution < -0.4 is 0 Å². The molecule has 0 amide bonds. The van der Waals surface area contributed by atoms with Gasteiger partial charge in [-0.25, -0.2) is 0 Å². The Hall–Kier alpha value is -0.380. The van der Waals surface area contributed by atoms with E-state index in [0.717, 1.165) is 0 Å². The number of aliphatic hydroxyl groups is 1. The van der Waals surface area contributed by atoms with Crippen LogP contribution in [-0.2, 0) is 9.47 Å². The van der Waals surface area contributed by atoms with E-state index in [-0.39, 0.29) is 6.29 Å². The maximum Gasteiger partial charge on any atom is 0.176 e. The third-order valence-corrected chi connectivity index (χ3v) is 1.37. The van der Waals surface area contributed by atoms with Crippen LogP contribution in [0.2, 0.25) is 0 Å². The first kappa shape index (κ1) is 10.6. The predicted molar refractivity (Wildman–Crippen MR) is 43.2 cm³/mol. The van der Waals surface area contributed by atoms with Crippen LogP contribution in [0, 0.1) is 0 Å². The van der Waals surface area contributed by atoms with Crippen LogP contribution in [0.4, 0.5) is 0 Å². The van der Waals surface area contributed by atoms with E-state index in [1.54, 1.807) is 26.4 Å². The quantitative estimate of drug-likeness (QED) is 0.371. The number of aliphatic hydroxyl groups excluding tert-OH is 1. The minimum Gasteiger partial charge on any atom is -0.389 e. The smallest absolute Gasteiger partial charge is 0.176 e. The van der Waals surface area contributed by atoms with Crippen molar-refractivity contribution in [1.82, 2.24) is 0 Å². The number of hydrogen-bond donors (Lipinski definition) is 1. The first-order valence-corrected chi connectivity index (χ1v) is 3.66. The van der Waals surface area contributed by atoms with Gasteiger partial charge in [0.2, 0.25) is 0 Å². The Morgan fingerprint density at radius 3 is 2.18 bits per heavy atom. The Morgan fingerprint density at radius 2 is 1.82 bits per heavy atom. The Bertz CT molecular complexity index is 108. The summed E-state index contributed by atoms with van der Waals surface area (Å²) in [4.78, 5) is 0. The molecule has 3 heteroatoms. The lowest BCUT2D eigenvalue weighted by atomic mass is 10.4. The number of rotatable bonds is 5. The minimum absolute atomic E-state index is 0.351. The zero-order valence-electron chi connectivity index (χ0n) is 7.28. The average Bonchev–Trinajstić information content (AvgIpc) is 2.06. The molecule has 0 radical (unpaired) electrons. The monoisotopic (exact) mass is 162 g/mol. The molecule has 0 saturated carbocycles.